The molecule has 1 aliphatic rings. The Hall–Kier alpha value is -1.35. The first-order chi connectivity index (χ1) is 8.55. The fourth-order valence-corrected chi connectivity index (χ4v) is 2.26. The predicted octanol–water partition coefficient (Wildman–Crippen LogP) is 2.92. The van der Waals surface area contributed by atoms with Crippen LogP contribution in [0.25, 0.3) is 0 Å². The summed E-state index contributed by atoms with van der Waals surface area (Å²) in [6.07, 6.45) is 1.78. The maximum atomic E-state index is 12.2. The van der Waals surface area contributed by atoms with Gasteiger partial charge in [-0.25, -0.2) is 0 Å². The van der Waals surface area contributed by atoms with Crippen molar-refractivity contribution in [2.45, 2.75) is 33.6 Å². The van der Waals surface area contributed by atoms with Gasteiger partial charge in [-0.2, -0.15) is 0 Å². The molecule has 0 saturated carbocycles. The molecule has 18 heavy (non-hydrogen) atoms. The largest absolute Gasteiger partial charge is 0.380 e. The minimum Gasteiger partial charge on any atom is -0.380 e. The summed E-state index contributed by atoms with van der Waals surface area (Å²) in [5.41, 5.74) is 3.05. The molecule has 1 aliphatic heterocycles. The number of ether oxygens (including phenoxy) is 1. The van der Waals surface area contributed by atoms with Crippen LogP contribution in [0.2, 0.25) is 0 Å². The highest BCUT2D eigenvalue weighted by molar-refractivity contribution is 5.95. The number of carbonyl (C=O) groups excluding carboxylic acids is 1. The van der Waals surface area contributed by atoms with E-state index in [9.17, 15) is 4.79 Å². The summed E-state index contributed by atoms with van der Waals surface area (Å²) in [4.78, 5) is 12.2. The number of anilines is 1. The smallest absolute Gasteiger partial charge is 0.232 e. The summed E-state index contributed by atoms with van der Waals surface area (Å²) in [7, 11) is 0. The molecule has 3 nitrogen and oxygen atoms in total. The maximum Gasteiger partial charge on any atom is 0.232 e. The van der Waals surface area contributed by atoms with E-state index in [1.54, 1.807) is 0 Å². The number of rotatable bonds is 3. The van der Waals surface area contributed by atoms with Crippen LogP contribution in [-0.2, 0) is 16.0 Å². The second-order valence-electron chi connectivity index (χ2n) is 5.31. The van der Waals surface area contributed by atoms with Crippen molar-refractivity contribution in [3.8, 4) is 0 Å². The zero-order chi connectivity index (χ0) is 13.2. The number of hydrogen-bond acceptors (Lipinski definition) is 2. The lowest BCUT2D eigenvalue weighted by Gasteiger charge is -2.21. The molecular weight excluding hydrogens is 226 g/mol. The van der Waals surface area contributed by atoms with Crippen LogP contribution in [-0.4, -0.2) is 19.1 Å². The third kappa shape index (κ3) is 2.56. The predicted molar refractivity (Wildman–Crippen MR) is 72.7 cm³/mol. The minimum atomic E-state index is -0.378. The van der Waals surface area contributed by atoms with Gasteiger partial charge in [-0.1, -0.05) is 13.0 Å². The highest BCUT2D eigenvalue weighted by Gasteiger charge is 2.37. The van der Waals surface area contributed by atoms with Gasteiger partial charge >= 0.3 is 0 Å². The molecule has 0 radical (unpaired) electrons. The number of benzene rings is 1. The van der Waals surface area contributed by atoms with Crippen LogP contribution in [0.5, 0.6) is 0 Å². The van der Waals surface area contributed by atoms with Gasteiger partial charge in [0, 0.05) is 12.3 Å². The van der Waals surface area contributed by atoms with Crippen LogP contribution in [0, 0.1) is 12.3 Å². The molecule has 1 unspecified atom stereocenters. The molecule has 3 heteroatoms. The number of aryl methyl sites for hydroxylation is 2. The van der Waals surface area contributed by atoms with Gasteiger partial charge in [0.25, 0.3) is 0 Å². The molecule has 98 valence electrons. The molecule has 0 aliphatic carbocycles. The molecule has 1 N–H and O–H groups in total. The van der Waals surface area contributed by atoms with Gasteiger partial charge in [0.2, 0.25) is 5.91 Å². The lowest BCUT2D eigenvalue weighted by molar-refractivity contribution is -0.124. The topological polar surface area (TPSA) is 38.3 Å². The molecule has 0 bridgehead atoms. The summed E-state index contributed by atoms with van der Waals surface area (Å²) < 4.78 is 5.32. The van der Waals surface area contributed by atoms with E-state index >= 15 is 0 Å². The molecule has 1 heterocycles. The van der Waals surface area contributed by atoms with E-state index in [2.05, 4.69) is 31.3 Å². The Balaban J connectivity index is 2.11. The maximum absolute atomic E-state index is 12.2. The lowest BCUT2D eigenvalue weighted by Crippen LogP contribution is -2.33. The molecule has 0 spiro atoms. The van der Waals surface area contributed by atoms with Crippen molar-refractivity contribution < 1.29 is 9.53 Å². The van der Waals surface area contributed by atoms with Crippen molar-refractivity contribution in [2.75, 3.05) is 18.5 Å². The van der Waals surface area contributed by atoms with Crippen molar-refractivity contribution in [1.82, 2.24) is 0 Å². The van der Waals surface area contributed by atoms with E-state index in [1.165, 1.54) is 11.1 Å². The lowest BCUT2D eigenvalue weighted by atomic mass is 9.89. The van der Waals surface area contributed by atoms with Gasteiger partial charge in [0.1, 0.15) is 0 Å². The third-order valence-electron chi connectivity index (χ3n) is 3.75. The van der Waals surface area contributed by atoms with Gasteiger partial charge in [-0.05, 0) is 49.9 Å². The fraction of sp³-hybridized carbons (Fsp3) is 0.533. The summed E-state index contributed by atoms with van der Waals surface area (Å²) in [5, 5.41) is 3.01. The Labute approximate surface area is 109 Å². The Morgan fingerprint density at radius 2 is 2.28 bits per heavy atom. The van der Waals surface area contributed by atoms with E-state index in [-0.39, 0.29) is 11.3 Å². The number of nitrogens with one attached hydrogen (secondary N) is 1. The highest BCUT2D eigenvalue weighted by Crippen LogP contribution is 2.29. The fourth-order valence-electron chi connectivity index (χ4n) is 2.26. The summed E-state index contributed by atoms with van der Waals surface area (Å²) in [6.45, 7) is 7.38. The molecule has 1 amide bonds. The van der Waals surface area contributed by atoms with E-state index in [0.29, 0.717) is 13.2 Å². The zero-order valence-corrected chi connectivity index (χ0v) is 11.4. The number of carbonyl (C=O) groups is 1. The van der Waals surface area contributed by atoms with Crippen molar-refractivity contribution in [2.24, 2.45) is 5.41 Å². The molecule has 1 saturated heterocycles. The number of amides is 1. The summed E-state index contributed by atoms with van der Waals surface area (Å²) >= 11 is 0. The average molecular weight is 247 g/mol. The highest BCUT2D eigenvalue weighted by atomic mass is 16.5. The Morgan fingerprint density at radius 3 is 2.89 bits per heavy atom. The van der Waals surface area contributed by atoms with Crippen molar-refractivity contribution in [1.29, 1.82) is 0 Å². The molecule has 1 aromatic rings. The van der Waals surface area contributed by atoms with Crippen LogP contribution in [0.3, 0.4) is 0 Å². The monoisotopic (exact) mass is 247 g/mol. The van der Waals surface area contributed by atoms with E-state index < -0.39 is 0 Å². The Bertz CT molecular complexity index is 448. The normalized spacial score (nSPS) is 23.1. The third-order valence-corrected chi connectivity index (χ3v) is 3.75. The first-order valence-corrected chi connectivity index (χ1v) is 6.54. The van der Waals surface area contributed by atoms with Crippen LogP contribution in [0.4, 0.5) is 5.69 Å². The Kier molecular flexibility index (Phi) is 3.71. The molecule has 2 rings (SSSR count). The van der Waals surface area contributed by atoms with Gasteiger partial charge in [-0.3, -0.25) is 4.79 Å². The van der Waals surface area contributed by atoms with E-state index in [0.717, 1.165) is 18.5 Å². The van der Waals surface area contributed by atoms with Crippen molar-refractivity contribution in [3.63, 3.8) is 0 Å². The SMILES string of the molecule is CCc1cc(NC(=O)C2(C)CCOC2)ccc1C. The zero-order valence-electron chi connectivity index (χ0n) is 11.4. The second kappa shape index (κ2) is 5.11. The summed E-state index contributed by atoms with van der Waals surface area (Å²) in [6, 6.07) is 6.08. The van der Waals surface area contributed by atoms with E-state index in [1.807, 2.05) is 13.0 Å². The average Bonchev–Trinajstić information content (AvgIpc) is 2.80. The van der Waals surface area contributed by atoms with Crippen LogP contribution < -0.4 is 5.32 Å². The molecule has 1 fully saturated rings. The van der Waals surface area contributed by atoms with Gasteiger partial charge < -0.3 is 10.1 Å². The molecular formula is C15H21NO2. The summed E-state index contributed by atoms with van der Waals surface area (Å²) in [5.74, 6) is 0.0610. The Morgan fingerprint density at radius 1 is 1.50 bits per heavy atom. The van der Waals surface area contributed by atoms with Crippen LogP contribution >= 0.6 is 0 Å². The standard InChI is InChI=1S/C15H21NO2/c1-4-12-9-13(6-5-11(12)2)16-14(17)15(3)7-8-18-10-15/h5-6,9H,4,7-8,10H2,1-3H3,(H,16,17). The first-order valence-electron chi connectivity index (χ1n) is 6.54. The second-order valence-corrected chi connectivity index (χ2v) is 5.31. The molecule has 0 aromatic heterocycles. The van der Waals surface area contributed by atoms with Crippen LogP contribution in [0.15, 0.2) is 18.2 Å². The number of hydrogen-bond donors (Lipinski definition) is 1. The van der Waals surface area contributed by atoms with Gasteiger partial charge in [0.15, 0.2) is 0 Å². The van der Waals surface area contributed by atoms with E-state index in [4.69, 9.17) is 4.74 Å². The molecule has 1 atom stereocenters. The van der Waals surface area contributed by atoms with Gasteiger partial charge in [-0.15, -0.1) is 0 Å². The van der Waals surface area contributed by atoms with Crippen LogP contribution in [0.1, 0.15) is 31.4 Å². The van der Waals surface area contributed by atoms with Crippen molar-refractivity contribution >= 4 is 11.6 Å². The molecule has 1 aromatic carbocycles. The first kappa shape index (κ1) is 13.1. The van der Waals surface area contributed by atoms with Gasteiger partial charge in [0.05, 0.1) is 12.0 Å². The quantitative estimate of drug-likeness (QED) is 0.892. The van der Waals surface area contributed by atoms with Crippen molar-refractivity contribution in [3.05, 3.63) is 29.3 Å². The minimum absolute atomic E-state index is 0.0610.